The van der Waals surface area contributed by atoms with Gasteiger partial charge in [0.05, 0.1) is 0 Å². The second-order valence-electron chi connectivity index (χ2n) is 2.20. The number of hydrogen-bond acceptors (Lipinski definition) is 2. The quantitative estimate of drug-likeness (QED) is 0.608. The van der Waals surface area contributed by atoms with Crippen LogP contribution in [0.15, 0.2) is 0 Å². The van der Waals surface area contributed by atoms with E-state index in [9.17, 15) is 0 Å². The molecule has 0 saturated carbocycles. The molecule has 0 amide bonds. The summed E-state index contributed by atoms with van der Waals surface area (Å²) in [6, 6.07) is 0.824. The molecule has 1 saturated heterocycles. The first-order valence-corrected chi connectivity index (χ1v) is 4.40. The van der Waals surface area contributed by atoms with E-state index in [1.807, 2.05) is 11.8 Å². The molecule has 1 fully saturated rings. The van der Waals surface area contributed by atoms with Gasteiger partial charge in [0.15, 0.2) is 0 Å². The molecule has 2 heteroatoms. The standard InChI is InChI=1S/C6H13NS/c1-2-3-6-4-8-5-7-6/h6-7H,2-5H2,1H3/t6-/m1/s1. The molecule has 1 heterocycles. The molecule has 0 aliphatic carbocycles. The van der Waals surface area contributed by atoms with Crippen LogP contribution in [0.2, 0.25) is 0 Å². The van der Waals surface area contributed by atoms with Gasteiger partial charge in [-0.3, -0.25) is 0 Å². The Kier molecular flexibility index (Phi) is 2.70. The first-order chi connectivity index (χ1) is 3.93. The largest absolute Gasteiger partial charge is 0.304 e. The SMILES string of the molecule is CCC[C@@H]1CSCN1. The Morgan fingerprint density at radius 2 is 2.62 bits per heavy atom. The first kappa shape index (κ1) is 6.43. The van der Waals surface area contributed by atoms with Crippen molar-refractivity contribution < 1.29 is 0 Å². The Morgan fingerprint density at radius 1 is 1.75 bits per heavy atom. The van der Waals surface area contributed by atoms with Crippen molar-refractivity contribution in [1.82, 2.24) is 5.32 Å². The minimum absolute atomic E-state index is 0.824. The summed E-state index contributed by atoms with van der Waals surface area (Å²) in [4.78, 5) is 0. The maximum Gasteiger partial charge on any atom is 0.0420 e. The molecule has 0 spiro atoms. The van der Waals surface area contributed by atoms with E-state index >= 15 is 0 Å². The number of nitrogens with one attached hydrogen (secondary N) is 1. The predicted octanol–water partition coefficient (Wildman–Crippen LogP) is 1.45. The van der Waals surface area contributed by atoms with Gasteiger partial charge in [0, 0.05) is 17.7 Å². The molecule has 1 N–H and O–H groups in total. The summed E-state index contributed by atoms with van der Waals surface area (Å²) in [5.41, 5.74) is 0. The van der Waals surface area contributed by atoms with E-state index in [2.05, 4.69) is 12.2 Å². The fourth-order valence-electron chi connectivity index (χ4n) is 0.971. The molecule has 8 heavy (non-hydrogen) atoms. The molecular formula is C6H13NS. The summed E-state index contributed by atoms with van der Waals surface area (Å²) in [6.07, 6.45) is 2.67. The van der Waals surface area contributed by atoms with Gasteiger partial charge in [0.1, 0.15) is 0 Å². The van der Waals surface area contributed by atoms with Crippen LogP contribution < -0.4 is 5.32 Å². The van der Waals surface area contributed by atoms with Crippen molar-refractivity contribution >= 4 is 11.8 Å². The Bertz CT molecular complexity index is 59.5. The molecule has 0 aromatic rings. The Morgan fingerprint density at radius 3 is 3.12 bits per heavy atom. The molecule has 0 aromatic carbocycles. The van der Waals surface area contributed by atoms with Gasteiger partial charge in [-0.25, -0.2) is 0 Å². The maximum atomic E-state index is 3.42. The van der Waals surface area contributed by atoms with Crippen LogP contribution in [-0.2, 0) is 0 Å². The lowest BCUT2D eigenvalue weighted by Gasteiger charge is -2.04. The Hall–Kier alpha value is 0.310. The third-order valence-corrected chi connectivity index (χ3v) is 2.44. The van der Waals surface area contributed by atoms with E-state index in [0.29, 0.717) is 0 Å². The minimum atomic E-state index is 0.824. The molecule has 0 radical (unpaired) electrons. The van der Waals surface area contributed by atoms with Crippen molar-refractivity contribution in [3.63, 3.8) is 0 Å². The monoisotopic (exact) mass is 131 g/mol. The number of rotatable bonds is 2. The highest BCUT2D eigenvalue weighted by atomic mass is 32.2. The summed E-state index contributed by atoms with van der Waals surface area (Å²) in [6.45, 7) is 2.24. The second-order valence-corrected chi connectivity index (χ2v) is 3.24. The van der Waals surface area contributed by atoms with Crippen LogP contribution in [0.25, 0.3) is 0 Å². The zero-order valence-corrected chi connectivity index (χ0v) is 6.13. The van der Waals surface area contributed by atoms with Crippen LogP contribution in [0, 0.1) is 0 Å². The van der Waals surface area contributed by atoms with Crippen LogP contribution in [-0.4, -0.2) is 17.7 Å². The van der Waals surface area contributed by atoms with Crippen molar-refractivity contribution in [3.05, 3.63) is 0 Å². The molecule has 1 nitrogen and oxygen atoms in total. The van der Waals surface area contributed by atoms with E-state index in [1.165, 1.54) is 24.5 Å². The average Bonchev–Trinajstić information content (AvgIpc) is 2.19. The fraction of sp³-hybridized carbons (Fsp3) is 1.00. The highest BCUT2D eigenvalue weighted by Gasteiger charge is 2.11. The Balaban J connectivity index is 2.06. The Labute approximate surface area is 55.2 Å². The van der Waals surface area contributed by atoms with Crippen molar-refractivity contribution in [2.75, 3.05) is 11.6 Å². The maximum absolute atomic E-state index is 3.42. The molecule has 1 aliphatic rings. The van der Waals surface area contributed by atoms with Gasteiger partial charge in [-0.15, -0.1) is 11.8 Å². The predicted molar refractivity (Wildman–Crippen MR) is 39.2 cm³/mol. The van der Waals surface area contributed by atoms with Gasteiger partial charge in [0.25, 0.3) is 0 Å². The van der Waals surface area contributed by atoms with Crippen LogP contribution in [0.4, 0.5) is 0 Å². The summed E-state index contributed by atoms with van der Waals surface area (Å²) in [5.74, 6) is 2.50. The fourth-order valence-corrected chi connectivity index (χ4v) is 2.01. The normalized spacial score (nSPS) is 28.9. The minimum Gasteiger partial charge on any atom is -0.304 e. The highest BCUT2D eigenvalue weighted by Crippen LogP contribution is 2.12. The van der Waals surface area contributed by atoms with E-state index in [1.54, 1.807) is 0 Å². The van der Waals surface area contributed by atoms with Gasteiger partial charge in [-0.05, 0) is 6.42 Å². The number of hydrogen-bond donors (Lipinski definition) is 1. The summed E-state index contributed by atoms with van der Waals surface area (Å²) < 4.78 is 0. The van der Waals surface area contributed by atoms with Gasteiger partial charge in [0.2, 0.25) is 0 Å². The average molecular weight is 131 g/mol. The van der Waals surface area contributed by atoms with Crippen molar-refractivity contribution in [1.29, 1.82) is 0 Å². The van der Waals surface area contributed by atoms with Crippen molar-refractivity contribution in [3.8, 4) is 0 Å². The van der Waals surface area contributed by atoms with Gasteiger partial charge in [-0.2, -0.15) is 0 Å². The van der Waals surface area contributed by atoms with Gasteiger partial charge < -0.3 is 5.32 Å². The van der Waals surface area contributed by atoms with E-state index in [0.717, 1.165) is 6.04 Å². The summed E-state index contributed by atoms with van der Waals surface area (Å²) in [5, 5.41) is 3.42. The topological polar surface area (TPSA) is 12.0 Å². The third kappa shape index (κ3) is 1.67. The zero-order chi connectivity index (χ0) is 5.82. The van der Waals surface area contributed by atoms with Crippen LogP contribution >= 0.6 is 11.8 Å². The van der Waals surface area contributed by atoms with Gasteiger partial charge >= 0.3 is 0 Å². The second kappa shape index (κ2) is 3.36. The van der Waals surface area contributed by atoms with Gasteiger partial charge in [-0.1, -0.05) is 13.3 Å². The number of thioether (sulfide) groups is 1. The van der Waals surface area contributed by atoms with Crippen molar-refractivity contribution in [2.24, 2.45) is 0 Å². The smallest absolute Gasteiger partial charge is 0.0420 e. The molecule has 1 atom stereocenters. The molecule has 0 aromatic heterocycles. The van der Waals surface area contributed by atoms with E-state index in [4.69, 9.17) is 0 Å². The molecule has 0 bridgehead atoms. The lowest BCUT2D eigenvalue weighted by molar-refractivity contribution is 0.575. The summed E-state index contributed by atoms with van der Waals surface area (Å²) in [7, 11) is 0. The van der Waals surface area contributed by atoms with Crippen LogP contribution in [0.3, 0.4) is 0 Å². The van der Waals surface area contributed by atoms with E-state index < -0.39 is 0 Å². The lowest BCUT2D eigenvalue weighted by Crippen LogP contribution is -2.22. The molecule has 0 unspecified atom stereocenters. The molecule has 1 rings (SSSR count). The lowest BCUT2D eigenvalue weighted by atomic mass is 10.2. The zero-order valence-electron chi connectivity index (χ0n) is 5.31. The summed E-state index contributed by atoms with van der Waals surface area (Å²) >= 11 is 2.01. The van der Waals surface area contributed by atoms with Crippen LogP contribution in [0.5, 0.6) is 0 Å². The molecule has 48 valence electrons. The highest BCUT2D eigenvalue weighted by molar-refractivity contribution is 7.99. The van der Waals surface area contributed by atoms with Crippen LogP contribution in [0.1, 0.15) is 19.8 Å². The van der Waals surface area contributed by atoms with Crippen molar-refractivity contribution in [2.45, 2.75) is 25.8 Å². The van der Waals surface area contributed by atoms with E-state index in [-0.39, 0.29) is 0 Å². The first-order valence-electron chi connectivity index (χ1n) is 3.24. The third-order valence-electron chi connectivity index (χ3n) is 1.43. The molecule has 1 aliphatic heterocycles. The molecular weight excluding hydrogens is 118 g/mol.